The number of rotatable bonds is 6. The molecule has 0 fully saturated rings. The minimum Gasteiger partial charge on any atom is -0.390 e. The molecule has 3 nitrogen and oxygen atoms in total. The first-order valence-electron chi connectivity index (χ1n) is 6.53. The van der Waals surface area contributed by atoms with Gasteiger partial charge < -0.3 is 10.2 Å². The van der Waals surface area contributed by atoms with E-state index >= 15 is 0 Å². The molecule has 106 valence electrons. The molecule has 0 aliphatic rings. The summed E-state index contributed by atoms with van der Waals surface area (Å²) in [5.41, 5.74) is 0.672. The third-order valence-electron chi connectivity index (χ3n) is 3.11. The van der Waals surface area contributed by atoms with E-state index in [1.54, 1.807) is 24.3 Å². The number of hydrogen-bond acceptors (Lipinski definition) is 3. The van der Waals surface area contributed by atoms with E-state index in [0.717, 1.165) is 4.90 Å². The highest BCUT2D eigenvalue weighted by Crippen LogP contribution is 2.19. The Morgan fingerprint density at radius 1 is 0.900 bits per heavy atom. The highest BCUT2D eigenvalue weighted by molar-refractivity contribution is 7.85. The van der Waals surface area contributed by atoms with E-state index in [1.807, 2.05) is 36.4 Å². The van der Waals surface area contributed by atoms with Crippen LogP contribution >= 0.6 is 0 Å². The van der Waals surface area contributed by atoms with Crippen molar-refractivity contribution in [2.24, 2.45) is 0 Å². The van der Waals surface area contributed by atoms with Crippen LogP contribution in [0.4, 0.5) is 0 Å². The lowest BCUT2D eigenvalue weighted by Crippen LogP contribution is -2.20. The highest BCUT2D eigenvalue weighted by atomic mass is 32.2. The van der Waals surface area contributed by atoms with Crippen LogP contribution in [0.3, 0.4) is 0 Å². The zero-order valence-corrected chi connectivity index (χ0v) is 11.9. The molecule has 3 atom stereocenters. The van der Waals surface area contributed by atoms with Gasteiger partial charge in [-0.2, -0.15) is 0 Å². The summed E-state index contributed by atoms with van der Waals surface area (Å²) in [5, 5.41) is 20.0. The van der Waals surface area contributed by atoms with Gasteiger partial charge in [-0.25, -0.2) is 0 Å². The number of hydrogen-bond donors (Lipinski definition) is 2. The summed E-state index contributed by atoms with van der Waals surface area (Å²) in [5.74, 6) is 0.328. The Morgan fingerprint density at radius 2 is 1.45 bits per heavy atom. The quantitative estimate of drug-likeness (QED) is 0.858. The van der Waals surface area contributed by atoms with Gasteiger partial charge in [-0.05, 0) is 24.1 Å². The van der Waals surface area contributed by atoms with Gasteiger partial charge in [0.1, 0.15) is 6.10 Å². The molecule has 2 aromatic carbocycles. The van der Waals surface area contributed by atoms with E-state index in [0.29, 0.717) is 11.3 Å². The van der Waals surface area contributed by atoms with Gasteiger partial charge in [-0.3, -0.25) is 4.21 Å². The molecule has 0 aromatic heterocycles. The molecule has 0 radical (unpaired) electrons. The van der Waals surface area contributed by atoms with Crippen molar-refractivity contribution >= 4 is 10.8 Å². The number of aliphatic hydroxyl groups is 2. The van der Waals surface area contributed by atoms with Crippen LogP contribution in [0.2, 0.25) is 0 Å². The Labute approximate surface area is 121 Å². The molecular formula is C16H18O3S. The van der Waals surface area contributed by atoms with Crippen LogP contribution < -0.4 is 0 Å². The maximum absolute atomic E-state index is 12.0. The first-order valence-corrected chi connectivity index (χ1v) is 7.85. The third kappa shape index (κ3) is 4.00. The average Bonchev–Trinajstić information content (AvgIpc) is 2.53. The van der Waals surface area contributed by atoms with Crippen molar-refractivity contribution in [3.63, 3.8) is 0 Å². The molecule has 2 rings (SSSR count). The van der Waals surface area contributed by atoms with E-state index in [4.69, 9.17) is 0 Å². The van der Waals surface area contributed by atoms with E-state index in [-0.39, 0.29) is 6.42 Å². The standard InChI is InChI=1S/C16H18O3S/c17-15(16(18)13-7-3-1-4-8-13)11-12-20(19)14-9-5-2-6-10-14/h1-10,15-18H,11-12H2/t15-,16-,20?/m0/s1. The van der Waals surface area contributed by atoms with Gasteiger partial charge in [-0.1, -0.05) is 48.5 Å². The predicted octanol–water partition coefficient (Wildman–Crippen LogP) is 2.28. The molecule has 2 aromatic rings. The molecule has 20 heavy (non-hydrogen) atoms. The van der Waals surface area contributed by atoms with Crippen molar-refractivity contribution in [3.05, 3.63) is 66.2 Å². The Hall–Kier alpha value is -1.49. The highest BCUT2D eigenvalue weighted by Gasteiger charge is 2.19. The minimum atomic E-state index is -1.15. The summed E-state index contributed by atoms with van der Waals surface area (Å²) in [6, 6.07) is 18.2. The largest absolute Gasteiger partial charge is 0.390 e. The third-order valence-corrected chi connectivity index (χ3v) is 4.52. The number of aliphatic hydroxyl groups excluding tert-OH is 2. The molecular weight excluding hydrogens is 272 g/mol. The first kappa shape index (κ1) is 14.9. The van der Waals surface area contributed by atoms with Gasteiger partial charge in [0.2, 0.25) is 0 Å². The molecule has 0 aliphatic heterocycles. The Bertz CT molecular complexity index is 542. The second kappa shape index (κ2) is 7.33. The zero-order valence-electron chi connectivity index (χ0n) is 11.1. The lowest BCUT2D eigenvalue weighted by Gasteiger charge is -2.17. The van der Waals surface area contributed by atoms with E-state index in [2.05, 4.69) is 0 Å². The van der Waals surface area contributed by atoms with Crippen molar-refractivity contribution in [1.82, 2.24) is 0 Å². The monoisotopic (exact) mass is 290 g/mol. The van der Waals surface area contributed by atoms with Crippen molar-refractivity contribution in [2.75, 3.05) is 5.75 Å². The normalized spacial score (nSPS) is 15.5. The molecule has 2 N–H and O–H groups in total. The summed E-state index contributed by atoms with van der Waals surface area (Å²) in [6.45, 7) is 0. The fourth-order valence-corrected chi connectivity index (χ4v) is 3.10. The lowest BCUT2D eigenvalue weighted by atomic mass is 10.0. The maximum Gasteiger partial charge on any atom is 0.105 e. The van der Waals surface area contributed by atoms with Crippen LogP contribution in [0, 0.1) is 0 Å². The van der Waals surface area contributed by atoms with Crippen molar-refractivity contribution < 1.29 is 14.4 Å². The predicted molar refractivity (Wildman–Crippen MR) is 79.7 cm³/mol. The molecule has 4 heteroatoms. The molecule has 0 bridgehead atoms. The fourth-order valence-electron chi connectivity index (χ4n) is 1.95. The van der Waals surface area contributed by atoms with Gasteiger partial charge in [0, 0.05) is 10.6 Å². The van der Waals surface area contributed by atoms with Crippen LogP contribution in [0.1, 0.15) is 18.1 Å². The average molecular weight is 290 g/mol. The second-order valence-electron chi connectivity index (χ2n) is 4.57. The first-order chi connectivity index (χ1) is 9.68. The Balaban J connectivity index is 1.89. The summed E-state index contributed by atoms with van der Waals surface area (Å²) in [7, 11) is -1.15. The van der Waals surface area contributed by atoms with E-state index < -0.39 is 23.0 Å². The molecule has 0 aliphatic carbocycles. The number of benzene rings is 2. The zero-order chi connectivity index (χ0) is 14.4. The van der Waals surface area contributed by atoms with Gasteiger partial charge in [0.15, 0.2) is 0 Å². The molecule has 0 saturated carbocycles. The van der Waals surface area contributed by atoms with Crippen molar-refractivity contribution in [1.29, 1.82) is 0 Å². The second-order valence-corrected chi connectivity index (χ2v) is 6.14. The van der Waals surface area contributed by atoms with Gasteiger partial charge >= 0.3 is 0 Å². The van der Waals surface area contributed by atoms with Crippen molar-refractivity contribution in [3.8, 4) is 0 Å². The van der Waals surface area contributed by atoms with E-state index in [9.17, 15) is 14.4 Å². The van der Waals surface area contributed by atoms with Crippen LogP contribution in [0.5, 0.6) is 0 Å². The summed E-state index contributed by atoms with van der Waals surface area (Å²) in [6.07, 6.45) is -1.56. The van der Waals surface area contributed by atoms with Gasteiger partial charge in [-0.15, -0.1) is 0 Å². The Kier molecular flexibility index (Phi) is 5.47. The topological polar surface area (TPSA) is 57.5 Å². The van der Waals surface area contributed by atoms with Crippen LogP contribution in [0.15, 0.2) is 65.6 Å². The summed E-state index contributed by atoms with van der Waals surface area (Å²) < 4.78 is 12.0. The molecule has 0 heterocycles. The molecule has 0 amide bonds. The van der Waals surface area contributed by atoms with E-state index in [1.165, 1.54) is 0 Å². The molecule has 1 unspecified atom stereocenters. The van der Waals surface area contributed by atoms with Gasteiger partial charge in [0.05, 0.1) is 16.9 Å². The maximum atomic E-state index is 12.0. The molecule has 0 saturated heterocycles. The fraction of sp³-hybridized carbons (Fsp3) is 0.250. The van der Waals surface area contributed by atoms with Crippen LogP contribution in [-0.4, -0.2) is 26.3 Å². The SMILES string of the molecule is O=S(CC[C@H](O)[C@@H](O)c1ccccc1)c1ccccc1. The molecule has 0 spiro atoms. The smallest absolute Gasteiger partial charge is 0.105 e. The van der Waals surface area contributed by atoms with Crippen LogP contribution in [0.25, 0.3) is 0 Å². The summed E-state index contributed by atoms with van der Waals surface area (Å²) in [4.78, 5) is 0.744. The van der Waals surface area contributed by atoms with Crippen LogP contribution in [-0.2, 0) is 10.8 Å². The van der Waals surface area contributed by atoms with Gasteiger partial charge in [0.25, 0.3) is 0 Å². The van der Waals surface area contributed by atoms with Crippen molar-refractivity contribution in [2.45, 2.75) is 23.5 Å². The minimum absolute atomic E-state index is 0.289. The summed E-state index contributed by atoms with van der Waals surface area (Å²) >= 11 is 0. The lowest BCUT2D eigenvalue weighted by molar-refractivity contribution is 0.0171. The Morgan fingerprint density at radius 3 is 2.05 bits per heavy atom.